The summed E-state index contributed by atoms with van der Waals surface area (Å²) >= 11 is 0. The van der Waals surface area contributed by atoms with Crippen LogP contribution in [-0.2, 0) is 4.79 Å². The molecule has 18 heavy (non-hydrogen) atoms. The summed E-state index contributed by atoms with van der Waals surface area (Å²) < 4.78 is 26.1. The second-order valence-electron chi connectivity index (χ2n) is 5.22. The summed E-state index contributed by atoms with van der Waals surface area (Å²) in [6, 6.07) is 0.478. The number of alkyl halides is 2. The average Bonchev–Trinajstić information content (AvgIpc) is 2.36. The first-order valence-electron chi connectivity index (χ1n) is 6.75. The average molecular weight is 262 g/mol. The van der Waals surface area contributed by atoms with Gasteiger partial charge in [-0.25, -0.2) is 8.78 Å². The van der Waals surface area contributed by atoms with Crippen molar-refractivity contribution in [3.63, 3.8) is 0 Å². The molecule has 0 bridgehead atoms. The van der Waals surface area contributed by atoms with E-state index in [1.54, 1.807) is 4.90 Å². The molecule has 0 aromatic heterocycles. The number of amides is 1. The van der Waals surface area contributed by atoms with Gasteiger partial charge in [-0.05, 0) is 13.8 Å². The number of carbonyl (C=O) groups excluding carboxylic acids is 1. The topological polar surface area (TPSA) is 23.6 Å². The van der Waals surface area contributed by atoms with Gasteiger partial charge in [-0.3, -0.25) is 9.69 Å². The third-order valence-electron chi connectivity index (χ3n) is 3.62. The molecule has 1 aliphatic rings. The molecule has 0 atom stereocenters. The second-order valence-corrected chi connectivity index (χ2v) is 5.22. The summed E-state index contributed by atoms with van der Waals surface area (Å²) in [5.41, 5.74) is 0. The van der Waals surface area contributed by atoms with Crippen LogP contribution < -0.4 is 0 Å². The fourth-order valence-electron chi connectivity index (χ4n) is 2.11. The highest BCUT2D eigenvalue weighted by atomic mass is 19.3. The Balaban J connectivity index is 2.32. The maximum absolute atomic E-state index is 13.1. The van der Waals surface area contributed by atoms with Gasteiger partial charge in [0.25, 0.3) is 0 Å². The van der Waals surface area contributed by atoms with E-state index >= 15 is 0 Å². The molecule has 1 fully saturated rings. The third-order valence-corrected chi connectivity index (χ3v) is 3.62. The lowest BCUT2D eigenvalue weighted by molar-refractivity contribution is -0.135. The summed E-state index contributed by atoms with van der Waals surface area (Å²) in [6.45, 7) is 8.70. The van der Waals surface area contributed by atoms with Crippen LogP contribution in [0.1, 0.15) is 40.0 Å². The molecule has 0 spiro atoms. The molecule has 0 unspecified atom stereocenters. The fraction of sp³-hybridized carbons (Fsp3) is 0.923. The normalized spacial score (nSPS) is 18.4. The number of nitrogens with zero attached hydrogens (tertiary/aromatic N) is 2. The van der Waals surface area contributed by atoms with E-state index in [0.717, 1.165) is 13.1 Å². The first-order valence-corrected chi connectivity index (χ1v) is 6.75. The van der Waals surface area contributed by atoms with Crippen LogP contribution in [0.25, 0.3) is 0 Å². The minimum Gasteiger partial charge on any atom is -0.340 e. The Morgan fingerprint density at radius 1 is 1.22 bits per heavy atom. The van der Waals surface area contributed by atoms with Gasteiger partial charge in [0, 0.05) is 51.5 Å². The molecule has 106 valence electrons. The van der Waals surface area contributed by atoms with Gasteiger partial charge >= 0.3 is 0 Å². The number of rotatable bonds is 5. The second kappa shape index (κ2) is 6.45. The summed E-state index contributed by atoms with van der Waals surface area (Å²) in [6.07, 6.45) is -0.559. The molecule has 1 saturated heterocycles. The summed E-state index contributed by atoms with van der Waals surface area (Å²) in [5, 5.41) is 0. The smallest absolute Gasteiger partial charge is 0.248 e. The third kappa shape index (κ3) is 4.52. The van der Waals surface area contributed by atoms with E-state index in [1.165, 1.54) is 6.92 Å². The Labute approximate surface area is 108 Å². The molecule has 1 rings (SSSR count). The lowest BCUT2D eigenvalue weighted by atomic mass is 10.1. The van der Waals surface area contributed by atoms with Crippen molar-refractivity contribution in [3.8, 4) is 0 Å². The van der Waals surface area contributed by atoms with Gasteiger partial charge in [0.2, 0.25) is 11.8 Å². The quantitative estimate of drug-likeness (QED) is 0.759. The SMILES string of the molecule is CCC(F)(F)CCC(=O)N1CCN(C(C)C)CC1. The van der Waals surface area contributed by atoms with Crippen molar-refractivity contribution in [3.05, 3.63) is 0 Å². The molecule has 0 N–H and O–H groups in total. The van der Waals surface area contributed by atoms with E-state index in [2.05, 4.69) is 18.7 Å². The molecular weight excluding hydrogens is 238 g/mol. The fourth-order valence-corrected chi connectivity index (χ4v) is 2.11. The van der Waals surface area contributed by atoms with Crippen molar-refractivity contribution in [2.24, 2.45) is 0 Å². The predicted molar refractivity (Wildman–Crippen MR) is 67.8 cm³/mol. The first-order chi connectivity index (χ1) is 8.35. The van der Waals surface area contributed by atoms with Crippen molar-refractivity contribution in [2.75, 3.05) is 26.2 Å². The van der Waals surface area contributed by atoms with Crippen LogP contribution >= 0.6 is 0 Å². The van der Waals surface area contributed by atoms with Crippen LogP contribution in [0, 0.1) is 0 Å². The van der Waals surface area contributed by atoms with Crippen molar-refractivity contribution in [2.45, 2.75) is 52.0 Å². The van der Waals surface area contributed by atoms with E-state index in [0.29, 0.717) is 19.1 Å². The lowest BCUT2D eigenvalue weighted by Gasteiger charge is -2.37. The zero-order valence-electron chi connectivity index (χ0n) is 11.6. The Kier molecular flexibility index (Phi) is 5.50. The molecule has 1 heterocycles. The van der Waals surface area contributed by atoms with Gasteiger partial charge in [0.05, 0.1) is 0 Å². The van der Waals surface area contributed by atoms with Gasteiger partial charge in [0.1, 0.15) is 0 Å². The summed E-state index contributed by atoms with van der Waals surface area (Å²) in [5.74, 6) is -2.83. The largest absolute Gasteiger partial charge is 0.340 e. The molecule has 0 saturated carbocycles. The van der Waals surface area contributed by atoms with Crippen LogP contribution in [0.3, 0.4) is 0 Å². The molecule has 1 aliphatic heterocycles. The van der Waals surface area contributed by atoms with Crippen molar-refractivity contribution in [1.29, 1.82) is 0 Å². The minimum absolute atomic E-state index is 0.0392. The van der Waals surface area contributed by atoms with Crippen LogP contribution in [0.5, 0.6) is 0 Å². The van der Waals surface area contributed by atoms with Gasteiger partial charge in [-0.1, -0.05) is 6.92 Å². The summed E-state index contributed by atoms with van der Waals surface area (Å²) in [4.78, 5) is 15.8. The van der Waals surface area contributed by atoms with Gasteiger partial charge < -0.3 is 4.90 Å². The lowest BCUT2D eigenvalue weighted by Crippen LogP contribution is -2.50. The monoisotopic (exact) mass is 262 g/mol. The highest BCUT2D eigenvalue weighted by molar-refractivity contribution is 5.76. The summed E-state index contributed by atoms with van der Waals surface area (Å²) in [7, 11) is 0. The highest BCUT2D eigenvalue weighted by Gasteiger charge is 2.29. The molecular formula is C13H24F2N2O. The molecule has 0 aromatic rings. The molecule has 0 aliphatic carbocycles. The maximum Gasteiger partial charge on any atom is 0.248 e. The van der Waals surface area contributed by atoms with Gasteiger partial charge in [0.15, 0.2) is 0 Å². The van der Waals surface area contributed by atoms with Crippen molar-refractivity contribution >= 4 is 5.91 Å². The highest BCUT2D eigenvalue weighted by Crippen LogP contribution is 2.24. The number of hydrogen-bond acceptors (Lipinski definition) is 2. The van der Waals surface area contributed by atoms with Crippen LogP contribution in [-0.4, -0.2) is 53.9 Å². The van der Waals surface area contributed by atoms with E-state index in [9.17, 15) is 13.6 Å². The maximum atomic E-state index is 13.1. The zero-order chi connectivity index (χ0) is 13.8. The van der Waals surface area contributed by atoms with Crippen LogP contribution in [0.15, 0.2) is 0 Å². The van der Waals surface area contributed by atoms with E-state index in [1.807, 2.05) is 0 Å². The van der Waals surface area contributed by atoms with E-state index in [4.69, 9.17) is 0 Å². The number of hydrogen-bond donors (Lipinski definition) is 0. The zero-order valence-corrected chi connectivity index (χ0v) is 11.6. The molecule has 5 heteroatoms. The number of piperazine rings is 1. The minimum atomic E-state index is -2.70. The van der Waals surface area contributed by atoms with Crippen molar-refractivity contribution < 1.29 is 13.6 Å². The molecule has 0 aromatic carbocycles. The Bertz CT molecular complexity index is 274. The van der Waals surface area contributed by atoms with E-state index in [-0.39, 0.29) is 25.2 Å². The first kappa shape index (κ1) is 15.3. The number of halogens is 2. The van der Waals surface area contributed by atoms with Crippen LogP contribution in [0.4, 0.5) is 8.78 Å². The van der Waals surface area contributed by atoms with Crippen LogP contribution in [0.2, 0.25) is 0 Å². The van der Waals surface area contributed by atoms with Gasteiger partial charge in [-0.2, -0.15) is 0 Å². The Morgan fingerprint density at radius 2 is 1.78 bits per heavy atom. The molecule has 1 amide bonds. The standard InChI is InChI=1S/C13H24F2N2O/c1-4-13(14,15)6-5-12(18)17-9-7-16(8-10-17)11(2)3/h11H,4-10H2,1-3H3. The molecule has 3 nitrogen and oxygen atoms in total. The van der Waals surface area contributed by atoms with Crippen molar-refractivity contribution in [1.82, 2.24) is 9.80 Å². The predicted octanol–water partition coefficient (Wildman–Crippen LogP) is 2.36. The van der Waals surface area contributed by atoms with Gasteiger partial charge in [-0.15, -0.1) is 0 Å². The Morgan fingerprint density at radius 3 is 2.22 bits per heavy atom. The van der Waals surface area contributed by atoms with E-state index < -0.39 is 5.92 Å². The Hall–Kier alpha value is -0.710. The molecule has 0 radical (unpaired) electrons. The number of carbonyl (C=O) groups is 1.